The number of rotatable bonds is 4. The molecule has 6 heteroatoms. The number of amides is 2. The highest BCUT2D eigenvalue weighted by Gasteiger charge is 2.37. The van der Waals surface area contributed by atoms with Gasteiger partial charge in [-0.2, -0.15) is 0 Å². The number of carbonyl (C=O) groups is 2. The van der Waals surface area contributed by atoms with Crippen LogP contribution in [0.1, 0.15) is 23.2 Å². The Labute approximate surface area is 175 Å². The largest absolute Gasteiger partial charge is 0.497 e. The van der Waals surface area contributed by atoms with E-state index >= 15 is 0 Å². The first-order valence-electron chi connectivity index (χ1n) is 10.4. The van der Waals surface area contributed by atoms with E-state index in [1.807, 2.05) is 58.3 Å². The Morgan fingerprint density at radius 2 is 2.03 bits per heavy atom. The van der Waals surface area contributed by atoms with Crippen molar-refractivity contribution in [3.8, 4) is 5.75 Å². The van der Waals surface area contributed by atoms with Gasteiger partial charge in [-0.3, -0.25) is 9.59 Å². The van der Waals surface area contributed by atoms with Gasteiger partial charge in [0.15, 0.2) is 0 Å². The van der Waals surface area contributed by atoms with E-state index in [-0.39, 0.29) is 17.7 Å². The zero-order chi connectivity index (χ0) is 20.7. The van der Waals surface area contributed by atoms with E-state index in [4.69, 9.17) is 4.74 Å². The average Bonchev–Trinajstić information content (AvgIpc) is 3.33. The van der Waals surface area contributed by atoms with Crippen molar-refractivity contribution in [2.75, 3.05) is 20.2 Å². The first-order valence-corrected chi connectivity index (χ1v) is 10.4. The second kappa shape index (κ2) is 7.52. The van der Waals surface area contributed by atoms with E-state index in [2.05, 4.69) is 4.98 Å². The number of hydrogen-bond acceptors (Lipinski definition) is 3. The summed E-state index contributed by atoms with van der Waals surface area (Å²) in [4.78, 5) is 33.0. The summed E-state index contributed by atoms with van der Waals surface area (Å²) in [6.45, 7) is 2.32. The van der Waals surface area contributed by atoms with Crippen LogP contribution in [0.4, 0.5) is 0 Å². The molecule has 6 nitrogen and oxygen atoms in total. The van der Waals surface area contributed by atoms with Gasteiger partial charge in [-0.15, -0.1) is 0 Å². The molecule has 0 unspecified atom stereocenters. The first kappa shape index (κ1) is 18.7. The van der Waals surface area contributed by atoms with Crippen LogP contribution in [0.2, 0.25) is 0 Å². The third-order valence-corrected chi connectivity index (χ3v) is 6.27. The molecule has 0 radical (unpaired) electrons. The van der Waals surface area contributed by atoms with Crippen LogP contribution in [0.5, 0.6) is 5.75 Å². The monoisotopic (exact) mass is 403 g/mol. The van der Waals surface area contributed by atoms with E-state index in [1.165, 1.54) is 5.69 Å². The Hall–Kier alpha value is -3.28. The molecule has 1 atom stereocenters. The van der Waals surface area contributed by atoms with Crippen molar-refractivity contribution in [2.45, 2.75) is 25.9 Å². The maximum Gasteiger partial charge on any atom is 0.228 e. The number of nitrogens with zero attached hydrogens (tertiary/aromatic N) is 2. The van der Waals surface area contributed by atoms with Gasteiger partial charge in [-0.1, -0.05) is 30.3 Å². The molecule has 2 amide bonds. The molecular formula is C24H25N3O3. The number of benzene rings is 2. The molecule has 3 heterocycles. The summed E-state index contributed by atoms with van der Waals surface area (Å²) >= 11 is 0. The van der Waals surface area contributed by atoms with Crippen LogP contribution < -0.4 is 4.74 Å². The van der Waals surface area contributed by atoms with Gasteiger partial charge in [0.1, 0.15) is 5.75 Å². The molecule has 5 rings (SSSR count). The Kier molecular flexibility index (Phi) is 4.69. The summed E-state index contributed by atoms with van der Waals surface area (Å²) in [6.07, 6.45) is 1.10. The fraction of sp³-hybridized carbons (Fsp3) is 0.333. The maximum atomic E-state index is 13.2. The first-order chi connectivity index (χ1) is 14.6. The summed E-state index contributed by atoms with van der Waals surface area (Å²) in [5.74, 6) is 0.696. The van der Waals surface area contributed by atoms with Crippen LogP contribution in [0, 0.1) is 5.92 Å². The van der Waals surface area contributed by atoms with Gasteiger partial charge in [-0.25, -0.2) is 0 Å². The minimum atomic E-state index is -0.262. The number of likely N-dealkylation sites (tertiary alicyclic amines) is 1. The quantitative estimate of drug-likeness (QED) is 0.728. The van der Waals surface area contributed by atoms with Gasteiger partial charge >= 0.3 is 0 Å². The van der Waals surface area contributed by atoms with Crippen molar-refractivity contribution in [1.82, 2.24) is 14.8 Å². The van der Waals surface area contributed by atoms with Gasteiger partial charge in [0.2, 0.25) is 11.8 Å². The highest BCUT2D eigenvalue weighted by Crippen LogP contribution is 2.32. The van der Waals surface area contributed by atoms with E-state index in [0.717, 1.165) is 34.2 Å². The lowest BCUT2D eigenvalue weighted by molar-refractivity contribution is -0.136. The van der Waals surface area contributed by atoms with E-state index in [0.29, 0.717) is 32.6 Å². The molecule has 30 heavy (non-hydrogen) atoms. The molecule has 1 fully saturated rings. The summed E-state index contributed by atoms with van der Waals surface area (Å²) in [5, 5.41) is 1.11. The van der Waals surface area contributed by atoms with Crippen LogP contribution >= 0.6 is 0 Å². The SMILES string of the molecule is COc1ccc2[nH]c3c(c2c1)CN(C(=O)[C@@H]1CC(=O)N(Cc2ccccc2)C1)CC3. The summed E-state index contributed by atoms with van der Waals surface area (Å²) in [7, 11) is 1.66. The Balaban J connectivity index is 1.31. The second-order valence-corrected chi connectivity index (χ2v) is 8.16. The van der Waals surface area contributed by atoms with Crippen molar-refractivity contribution in [3.63, 3.8) is 0 Å². The van der Waals surface area contributed by atoms with Gasteiger partial charge in [-0.05, 0) is 23.8 Å². The van der Waals surface area contributed by atoms with Crippen molar-refractivity contribution in [2.24, 2.45) is 5.92 Å². The Morgan fingerprint density at radius 3 is 2.83 bits per heavy atom. The average molecular weight is 403 g/mol. The van der Waals surface area contributed by atoms with Crippen LogP contribution in [0.3, 0.4) is 0 Å². The molecule has 2 aliphatic heterocycles. The zero-order valence-corrected chi connectivity index (χ0v) is 17.1. The highest BCUT2D eigenvalue weighted by molar-refractivity contribution is 5.91. The number of hydrogen-bond donors (Lipinski definition) is 1. The third kappa shape index (κ3) is 3.32. The van der Waals surface area contributed by atoms with Crippen molar-refractivity contribution < 1.29 is 14.3 Å². The number of methoxy groups -OCH3 is 1. The van der Waals surface area contributed by atoms with E-state index in [9.17, 15) is 9.59 Å². The lowest BCUT2D eigenvalue weighted by atomic mass is 10.0. The molecule has 0 bridgehead atoms. The molecule has 154 valence electrons. The lowest BCUT2D eigenvalue weighted by Crippen LogP contribution is -2.40. The number of fused-ring (bicyclic) bond motifs is 3. The lowest BCUT2D eigenvalue weighted by Gasteiger charge is -2.29. The number of ether oxygens (including phenoxy) is 1. The Morgan fingerprint density at radius 1 is 1.20 bits per heavy atom. The van der Waals surface area contributed by atoms with Gasteiger partial charge in [0, 0.05) is 61.2 Å². The molecule has 2 aliphatic rings. The molecule has 1 N–H and O–H groups in total. The van der Waals surface area contributed by atoms with Crippen molar-refractivity contribution in [3.05, 3.63) is 65.4 Å². The molecule has 0 spiro atoms. The number of nitrogens with one attached hydrogen (secondary N) is 1. The topological polar surface area (TPSA) is 65.6 Å². The molecule has 2 aromatic carbocycles. The number of aromatic amines is 1. The predicted octanol–water partition coefficient (Wildman–Crippen LogP) is 3.11. The third-order valence-electron chi connectivity index (χ3n) is 6.27. The maximum absolute atomic E-state index is 13.2. The van der Waals surface area contributed by atoms with Gasteiger partial charge in [0.05, 0.1) is 13.0 Å². The standard InChI is InChI=1S/C24H25N3O3/c1-30-18-7-8-21-19(12-18)20-15-26(10-9-22(20)25-21)24(29)17-11-23(28)27(14-17)13-16-5-3-2-4-6-16/h2-8,12,17,25H,9-11,13-15H2,1H3/t17-/m1/s1. The van der Waals surface area contributed by atoms with E-state index < -0.39 is 0 Å². The summed E-state index contributed by atoms with van der Waals surface area (Å²) < 4.78 is 5.37. The van der Waals surface area contributed by atoms with Crippen LogP contribution in [0.15, 0.2) is 48.5 Å². The number of carbonyl (C=O) groups excluding carboxylic acids is 2. The van der Waals surface area contributed by atoms with Crippen LogP contribution in [-0.2, 0) is 29.1 Å². The zero-order valence-electron chi connectivity index (χ0n) is 17.1. The Bertz CT molecular complexity index is 1110. The molecule has 1 saturated heterocycles. The predicted molar refractivity (Wildman–Crippen MR) is 114 cm³/mol. The highest BCUT2D eigenvalue weighted by atomic mass is 16.5. The number of H-pyrrole nitrogens is 1. The summed E-state index contributed by atoms with van der Waals surface area (Å²) in [6, 6.07) is 15.9. The van der Waals surface area contributed by atoms with Crippen LogP contribution in [-0.4, -0.2) is 46.8 Å². The van der Waals surface area contributed by atoms with Crippen molar-refractivity contribution in [1.29, 1.82) is 0 Å². The van der Waals surface area contributed by atoms with Gasteiger partial charge < -0.3 is 19.5 Å². The molecule has 0 aliphatic carbocycles. The molecule has 0 saturated carbocycles. The minimum absolute atomic E-state index is 0.0618. The fourth-order valence-corrected chi connectivity index (χ4v) is 4.66. The summed E-state index contributed by atoms with van der Waals surface area (Å²) in [5.41, 5.74) is 4.51. The van der Waals surface area contributed by atoms with E-state index in [1.54, 1.807) is 7.11 Å². The number of aromatic nitrogens is 1. The smallest absolute Gasteiger partial charge is 0.228 e. The minimum Gasteiger partial charge on any atom is -0.497 e. The fourth-order valence-electron chi connectivity index (χ4n) is 4.66. The van der Waals surface area contributed by atoms with Crippen LogP contribution in [0.25, 0.3) is 10.9 Å². The molecule has 1 aromatic heterocycles. The molecule has 3 aromatic rings. The normalized spacial score (nSPS) is 18.7. The van der Waals surface area contributed by atoms with Crippen molar-refractivity contribution >= 4 is 22.7 Å². The molecular weight excluding hydrogens is 378 g/mol. The van der Waals surface area contributed by atoms with Gasteiger partial charge in [0.25, 0.3) is 0 Å². The second-order valence-electron chi connectivity index (χ2n) is 8.16.